The standard InChI is InChI=1S/C41H49N9O5/c1-23(2)36(48-41(53)54-3)40(52)50-17-5-7-34(50)38-45-30-13-10-27(21-31(30)46-38)29-11-8-25-20-26(9-12-28(25)44-29)32-22-43-37(47-32)33-6-4-16-49(33)39(51)35(42)24-14-18-55-19-15-24/h8-13,20-24,33-36H,4-7,14-19,42H2,1-3H3,(H,43,47)(H,45,46)(H,48,53)/t33-,34-,35-,36-/m0/s1. The summed E-state index contributed by atoms with van der Waals surface area (Å²) in [5.41, 5.74) is 12.7. The van der Waals surface area contributed by atoms with Gasteiger partial charge in [-0.3, -0.25) is 9.59 Å². The Hall–Kier alpha value is -5.34. The zero-order valence-corrected chi connectivity index (χ0v) is 31.6. The van der Waals surface area contributed by atoms with Crippen molar-refractivity contribution in [3.8, 4) is 22.5 Å². The maximum absolute atomic E-state index is 13.6. The van der Waals surface area contributed by atoms with E-state index in [4.69, 9.17) is 30.2 Å². The van der Waals surface area contributed by atoms with Crippen LogP contribution in [0.5, 0.6) is 0 Å². The number of nitrogens with one attached hydrogen (secondary N) is 3. The quantitative estimate of drug-likeness (QED) is 0.148. The van der Waals surface area contributed by atoms with Crippen LogP contribution >= 0.6 is 0 Å². The number of aromatic nitrogens is 5. The molecule has 0 bridgehead atoms. The Kier molecular flexibility index (Phi) is 10.3. The van der Waals surface area contributed by atoms with Gasteiger partial charge in [0.05, 0.1) is 59.4 Å². The molecule has 8 rings (SSSR count). The summed E-state index contributed by atoms with van der Waals surface area (Å²) in [6.45, 7) is 6.41. The maximum Gasteiger partial charge on any atom is 0.407 e. The number of carbonyl (C=O) groups is 3. The van der Waals surface area contributed by atoms with Crippen molar-refractivity contribution in [3.05, 3.63) is 66.4 Å². The van der Waals surface area contributed by atoms with Gasteiger partial charge >= 0.3 is 6.09 Å². The van der Waals surface area contributed by atoms with Crippen LogP contribution < -0.4 is 11.1 Å². The van der Waals surface area contributed by atoms with E-state index in [9.17, 15) is 14.4 Å². The maximum atomic E-state index is 13.6. The third-order valence-corrected chi connectivity index (χ3v) is 11.5. The van der Waals surface area contributed by atoms with E-state index in [0.717, 1.165) is 94.6 Å². The molecule has 55 heavy (non-hydrogen) atoms. The summed E-state index contributed by atoms with van der Waals surface area (Å²) in [7, 11) is 1.29. The number of carbonyl (C=O) groups excluding carboxylic acids is 3. The fourth-order valence-electron chi connectivity index (χ4n) is 8.43. The van der Waals surface area contributed by atoms with Crippen LogP contribution in [0.25, 0.3) is 44.5 Å². The fourth-order valence-corrected chi connectivity index (χ4v) is 8.43. The average molecular weight is 748 g/mol. The van der Waals surface area contributed by atoms with Crippen molar-refractivity contribution >= 4 is 39.8 Å². The number of nitrogens with two attached hydrogens (primary N) is 1. The minimum atomic E-state index is -0.692. The van der Waals surface area contributed by atoms with E-state index >= 15 is 0 Å². The zero-order chi connectivity index (χ0) is 38.2. The second kappa shape index (κ2) is 15.4. The van der Waals surface area contributed by atoms with Crippen molar-refractivity contribution in [1.29, 1.82) is 0 Å². The Morgan fingerprint density at radius 2 is 1.56 bits per heavy atom. The Morgan fingerprint density at radius 1 is 0.855 bits per heavy atom. The van der Waals surface area contributed by atoms with Crippen LogP contribution in [0.2, 0.25) is 0 Å². The number of aromatic amines is 2. The Morgan fingerprint density at radius 3 is 2.31 bits per heavy atom. The molecule has 14 heteroatoms. The van der Waals surface area contributed by atoms with Gasteiger partial charge in [-0.1, -0.05) is 32.0 Å². The molecule has 0 radical (unpaired) electrons. The van der Waals surface area contributed by atoms with E-state index in [1.165, 1.54) is 7.11 Å². The molecule has 14 nitrogen and oxygen atoms in total. The number of imidazole rings is 2. The Bertz CT molecular complexity index is 2210. The molecule has 0 spiro atoms. The van der Waals surface area contributed by atoms with Gasteiger partial charge in [0, 0.05) is 42.8 Å². The highest BCUT2D eigenvalue weighted by Crippen LogP contribution is 2.36. The number of likely N-dealkylation sites (tertiary alicyclic amines) is 2. The predicted molar refractivity (Wildman–Crippen MR) is 207 cm³/mol. The lowest BCUT2D eigenvalue weighted by molar-refractivity contribution is -0.136. The highest BCUT2D eigenvalue weighted by molar-refractivity contribution is 5.89. The number of ether oxygens (including phenoxy) is 2. The van der Waals surface area contributed by atoms with E-state index in [0.29, 0.717) is 26.3 Å². The van der Waals surface area contributed by atoms with Gasteiger partial charge < -0.3 is 40.3 Å². The summed E-state index contributed by atoms with van der Waals surface area (Å²) < 4.78 is 10.2. The molecule has 3 aliphatic rings. The summed E-state index contributed by atoms with van der Waals surface area (Å²) in [6.07, 6.45) is 6.25. The van der Waals surface area contributed by atoms with Crippen molar-refractivity contribution in [2.75, 3.05) is 33.4 Å². The molecule has 4 atom stereocenters. The van der Waals surface area contributed by atoms with Gasteiger partial charge in [0.1, 0.15) is 17.7 Å². The number of amides is 3. The van der Waals surface area contributed by atoms with E-state index in [1.54, 1.807) is 0 Å². The normalized spacial score (nSPS) is 20.4. The van der Waals surface area contributed by atoms with Crippen molar-refractivity contribution in [2.24, 2.45) is 17.6 Å². The van der Waals surface area contributed by atoms with E-state index < -0.39 is 18.2 Å². The summed E-state index contributed by atoms with van der Waals surface area (Å²) in [6, 6.07) is 14.7. The van der Waals surface area contributed by atoms with E-state index in [1.807, 2.05) is 66.2 Å². The smallest absolute Gasteiger partial charge is 0.407 e. The van der Waals surface area contributed by atoms with Gasteiger partial charge in [-0.25, -0.2) is 19.7 Å². The summed E-state index contributed by atoms with van der Waals surface area (Å²) in [5, 5.41) is 3.70. The minimum absolute atomic E-state index is 0.00522. The minimum Gasteiger partial charge on any atom is -0.453 e. The molecule has 5 N–H and O–H groups in total. The second-order valence-corrected chi connectivity index (χ2v) is 15.4. The third-order valence-electron chi connectivity index (χ3n) is 11.5. The zero-order valence-electron chi connectivity index (χ0n) is 31.6. The monoisotopic (exact) mass is 747 g/mol. The first-order valence-electron chi connectivity index (χ1n) is 19.4. The largest absolute Gasteiger partial charge is 0.453 e. The van der Waals surface area contributed by atoms with Crippen LogP contribution in [0, 0.1) is 11.8 Å². The SMILES string of the molecule is COC(=O)N[C@H](C(=O)N1CCC[C@H]1c1nc2ccc(-c3ccc4cc(-c5cnc([C@@H]6CCCN6C(=O)[C@@H](N)C6CCOCC6)[nH]5)ccc4n3)cc2[nH]1)C(C)C. The Balaban J connectivity index is 0.975. The molecule has 3 amide bonds. The summed E-state index contributed by atoms with van der Waals surface area (Å²) >= 11 is 0. The molecular weight excluding hydrogens is 699 g/mol. The molecule has 3 aliphatic heterocycles. The van der Waals surface area contributed by atoms with Crippen LogP contribution in [0.1, 0.15) is 76.1 Å². The number of benzene rings is 2. The number of methoxy groups -OCH3 is 1. The van der Waals surface area contributed by atoms with E-state index in [-0.39, 0.29) is 35.7 Å². The number of hydrogen-bond donors (Lipinski definition) is 4. The van der Waals surface area contributed by atoms with Crippen LogP contribution in [-0.4, -0.2) is 98.1 Å². The highest BCUT2D eigenvalue weighted by atomic mass is 16.5. The number of H-pyrrole nitrogens is 2. The van der Waals surface area contributed by atoms with Gasteiger partial charge in [0.25, 0.3) is 0 Å². The lowest BCUT2D eigenvalue weighted by Gasteiger charge is -2.32. The van der Waals surface area contributed by atoms with Gasteiger partial charge in [-0.15, -0.1) is 0 Å². The molecule has 3 fully saturated rings. The second-order valence-electron chi connectivity index (χ2n) is 15.4. The molecule has 6 heterocycles. The molecule has 5 aromatic rings. The van der Waals surface area contributed by atoms with Crippen LogP contribution in [-0.2, 0) is 19.1 Å². The topological polar surface area (TPSA) is 184 Å². The first-order chi connectivity index (χ1) is 26.7. The number of alkyl carbamates (subject to hydrolysis) is 1. The van der Waals surface area contributed by atoms with Gasteiger partial charge in [-0.2, -0.15) is 0 Å². The average Bonchev–Trinajstić information content (AvgIpc) is 4.05. The van der Waals surface area contributed by atoms with Crippen LogP contribution in [0.3, 0.4) is 0 Å². The third kappa shape index (κ3) is 7.28. The van der Waals surface area contributed by atoms with Gasteiger partial charge in [-0.05, 0) is 80.7 Å². The van der Waals surface area contributed by atoms with Crippen molar-refractivity contribution in [1.82, 2.24) is 40.0 Å². The summed E-state index contributed by atoms with van der Waals surface area (Å²) in [4.78, 5) is 64.4. The molecule has 0 unspecified atom stereocenters. The number of nitrogens with zero attached hydrogens (tertiary/aromatic N) is 5. The predicted octanol–water partition coefficient (Wildman–Crippen LogP) is 5.63. The molecule has 0 saturated carbocycles. The molecule has 3 aromatic heterocycles. The van der Waals surface area contributed by atoms with E-state index in [2.05, 4.69) is 27.4 Å². The highest BCUT2D eigenvalue weighted by Gasteiger charge is 2.39. The number of hydrogen-bond acceptors (Lipinski definition) is 9. The number of fused-ring (bicyclic) bond motifs is 2. The lowest BCUT2D eigenvalue weighted by atomic mass is 9.91. The summed E-state index contributed by atoms with van der Waals surface area (Å²) in [5.74, 6) is 1.42. The first kappa shape index (κ1) is 36.6. The lowest BCUT2D eigenvalue weighted by Crippen LogP contribution is -2.51. The first-order valence-corrected chi connectivity index (χ1v) is 19.4. The molecule has 2 aromatic carbocycles. The van der Waals surface area contributed by atoms with Gasteiger partial charge in [0.15, 0.2) is 0 Å². The molecule has 3 saturated heterocycles. The molecular formula is C41H49N9O5. The molecule has 0 aliphatic carbocycles. The number of pyridine rings is 1. The van der Waals surface area contributed by atoms with Crippen molar-refractivity contribution in [3.63, 3.8) is 0 Å². The van der Waals surface area contributed by atoms with Crippen LogP contribution in [0.15, 0.2) is 54.7 Å². The van der Waals surface area contributed by atoms with Crippen molar-refractivity contribution in [2.45, 2.75) is 76.5 Å². The van der Waals surface area contributed by atoms with Gasteiger partial charge in [0.2, 0.25) is 11.8 Å². The molecule has 288 valence electrons. The Labute approximate surface area is 319 Å². The van der Waals surface area contributed by atoms with Crippen molar-refractivity contribution < 1.29 is 23.9 Å². The van der Waals surface area contributed by atoms with Crippen LogP contribution in [0.4, 0.5) is 4.79 Å². The fraction of sp³-hybridized carbons (Fsp3) is 0.463. The number of rotatable bonds is 9.